The first-order valence-electron chi connectivity index (χ1n) is 14.4. The van der Waals surface area contributed by atoms with Gasteiger partial charge in [-0.3, -0.25) is 4.90 Å². The van der Waals surface area contributed by atoms with E-state index in [9.17, 15) is 14.7 Å². The van der Waals surface area contributed by atoms with Gasteiger partial charge in [-0.15, -0.1) is 0 Å². The summed E-state index contributed by atoms with van der Waals surface area (Å²) in [5.41, 5.74) is -1.29. The van der Waals surface area contributed by atoms with Gasteiger partial charge in [0.2, 0.25) is 0 Å². The fraction of sp³-hybridized carbons (Fsp3) is 0.931. The first-order chi connectivity index (χ1) is 16.7. The molecule has 7 nitrogen and oxygen atoms in total. The van der Waals surface area contributed by atoms with Crippen LogP contribution < -0.4 is 0 Å². The molecule has 2 amide bonds. The van der Waals surface area contributed by atoms with E-state index >= 15 is 0 Å². The van der Waals surface area contributed by atoms with Crippen molar-refractivity contribution in [3.05, 3.63) is 0 Å². The standard InChI is InChI=1S/C29H54N2O5/c1-21(2)22(3)17-19-30(26(32)33)18-13-12-16-25-24(20-23-14-10-9-11-15-23)31(29(7,8)35-25)27(34)36-28(4,5)6/h21-25H,9-20H2,1-8H3,(H,32,33)/t22-,24-,25-/m0/s1. The van der Waals surface area contributed by atoms with Crippen molar-refractivity contribution in [1.82, 2.24) is 9.80 Å². The van der Waals surface area contributed by atoms with Gasteiger partial charge in [0, 0.05) is 13.1 Å². The summed E-state index contributed by atoms with van der Waals surface area (Å²) in [7, 11) is 0. The van der Waals surface area contributed by atoms with Crippen molar-refractivity contribution >= 4 is 12.2 Å². The predicted molar refractivity (Wildman–Crippen MR) is 144 cm³/mol. The molecule has 2 fully saturated rings. The van der Waals surface area contributed by atoms with Gasteiger partial charge in [-0.2, -0.15) is 0 Å². The van der Waals surface area contributed by atoms with Gasteiger partial charge in [0.1, 0.15) is 11.3 Å². The average Bonchev–Trinajstić information content (AvgIpc) is 3.01. The summed E-state index contributed by atoms with van der Waals surface area (Å²) >= 11 is 0. The molecule has 1 aliphatic heterocycles. The van der Waals surface area contributed by atoms with E-state index in [0.717, 1.165) is 32.1 Å². The summed E-state index contributed by atoms with van der Waals surface area (Å²) in [6.07, 6.45) is 9.38. The molecule has 0 aromatic rings. The number of nitrogens with zero attached hydrogens (tertiary/aromatic N) is 2. The van der Waals surface area contributed by atoms with E-state index in [0.29, 0.717) is 30.8 Å². The van der Waals surface area contributed by atoms with E-state index in [-0.39, 0.29) is 18.2 Å². The number of rotatable bonds is 11. The Hall–Kier alpha value is -1.50. The molecule has 2 rings (SSSR count). The molecule has 210 valence electrons. The molecule has 1 saturated carbocycles. The molecule has 7 heteroatoms. The van der Waals surface area contributed by atoms with Crippen LogP contribution in [0.1, 0.15) is 120 Å². The SMILES string of the molecule is CC(C)[C@@H](C)CCN(CCCC[C@@H]1OC(C)(C)N(C(=O)OC(C)(C)C)[C@H]1CC1CCCCC1)C(=O)O. The third kappa shape index (κ3) is 9.42. The lowest BCUT2D eigenvalue weighted by atomic mass is 9.83. The van der Waals surface area contributed by atoms with Crippen LogP contribution in [0, 0.1) is 17.8 Å². The van der Waals surface area contributed by atoms with Crippen molar-refractivity contribution in [2.24, 2.45) is 17.8 Å². The van der Waals surface area contributed by atoms with Crippen molar-refractivity contribution in [3.63, 3.8) is 0 Å². The largest absolute Gasteiger partial charge is 0.465 e. The zero-order valence-corrected chi connectivity index (χ0v) is 24.3. The molecule has 1 saturated heterocycles. The summed E-state index contributed by atoms with van der Waals surface area (Å²) in [5, 5.41) is 9.66. The van der Waals surface area contributed by atoms with E-state index in [4.69, 9.17) is 9.47 Å². The van der Waals surface area contributed by atoms with E-state index < -0.39 is 17.4 Å². The van der Waals surface area contributed by atoms with Crippen LogP contribution in [0.2, 0.25) is 0 Å². The van der Waals surface area contributed by atoms with Gasteiger partial charge in [-0.1, -0.05) is 52.9 Å². The van der Waals surface area contributed by atoms with Gasteiger partial charge >= 0.3 is 12.2 Å². The van der Waals surface area contributed by atoms with Crippen LogP contribution in [-0.4, -0.2) is 63.7 Å². The minimum Gasteiger partial charge on any atom is -0.465 e. The van der Waals surface area contributed by atoms with E-state index in [2.05, 4.69) is 20.8 Å². The molecule has 1 aliphatic carbocycles. The highest BCUT2D eigenvalue weighted by Gasteiger charge is 2.51. The van der Waals surface area contributed by atoms with Gasteiger partial charge in [-0.05, 0) is 84.5 Å². The van der Waals surface area contributed by atoms with Crippen LogP contribution in [0.25, 0.3) is 0 Å². The lowest BCUT2D eigenvalue weighted by Crippen LogP contribution is -2.50. The van der Waals surface area contributed by atoms with Gasteiger partial charge in [0.05, 0.1) is 12.1 Å². The first kappa shape index (κ1) is 30.7. The predicted octanol–water partition coefficient (Wildman–Crippen LogP) is 7.53. The monoisotopic (exact) mass is 510 g/mol. The van der Waals surface area contributed by atoms with Crippen LogP contribution in [0.15, 0.2) is 0 Å². The summed E-state index contributed by atoms with van der Waals surface area (Å²) in [6, 6.07) is -0.0135. The molecule has 1 N–H and O–H groups in total. The van der Waals surface area contributed by atoms with Gasteiger partial charge < -0.3 is 19.5 Å². The quantitative estimate of drug-likeness (QED) is 0.291. The fourth-order valence-electron chi connectivity index (χ4n) is 5.65. The Morgan fingerprint density at radius 3 is 2.28 bits per heavy atom. The second-order valence-corrected chi connectivity index (χ2v) is 13.0. The Morgan fingerprint density at radius 2 is 1.72 bits per heavy atom. The number of hydrogen-bond donors (Lipinski definition) is 1. The van der Waals surface area contributed by atoms with Gasteiger partial charge in [0.15, 0.2) is 0 Å². The Kier molecular flexibility index (Phi) is 11.4. The molecule has 0 radical (unpaired) electrons. The van der Waals surface area contributed by atoms with Crippen molar-refractivity contribution in [3.8, 4) is 0 Å². The number of carbonyl (C=O) groups excluding carboxylic acids is 1. The Bertz CT molecular complexity index is 696. The lowest BCUT2D eigenvalue weighted by Gasteiger charge is -2.37. The average molecular weight is 511 g/mol. The van der Waals surface area contributed by atoms with E-state index in [1.807, 2.05) is 39.5 Å². The number of carbonyl (C=O) groups is 2. The van der Waals surface area contributed by atoms with E-state index in [1.165, 1.54) is 32.1 Å². The highest BCUT2D eigenvalue weighted by atomic mass is 16.6. The van der Waals surface area contributed by atoms with Crippen LogP contribution in [-0.2, 0) is 9.47 Å². The Labute approximate surface area is 220 Å². The second-order valence-electron chi connectivity index (χ2n) is 13.0. The third-order valence-corrected chi connectivity index (χ3v) is 8.10. The number of amides is 2. The van der Waals surface area contributed by atoms with Crippen LogP contribution >= 0.6 is 0 Å². The van der Waals surface area contributed by atoms with Gasteiger partial charge in [-0.25, -0.2) is 9.59 Å². The minimum atomic E-state index is -0.838. The number of carboxylic acid groups (broad SMARTS) is 1. The summed E-state index contributed by atoms with van der Waals surface area (Å²) in [4.78, 5) is 28.5. The fourth-order valence-corrected chi connectivity index (χ4v) is 5.65. The highest BCUT2D eigenvalue weighted by molar-refractivity contribution is 5.70. The third-order valence-electron chi connectivity index (χ3n) is 8.10. The minimum absolute atomic E-state index is 0.0135. The van der Waals surface area contributed by atoms with Crippen molar-refractivity contribution < 1.29 is 24.2 Å². The smallest absolute Gasteiger partial charge is 0.412 e. The van der Waals surface area contributed by atoms with Crippen molar-refractivity contribution in [1.29, 1.82) is 0 Å². The maximum Gasteiger partial charge on any atom is 0.412 e. The molecule has 0 unspecified atom stereocenters. The highest BCUT2D eigenvalue weighted by Crippen LogP contribution is 2.40. The molecule has 0 spiro atoms. The van der Waals surface area contributed by atoms with Gasteiger partial charge in [0.25, 0.3) is 0 Å². The van der Waals surface area contributed by atoms with Crippen LogP contribution in [0.3, 0.4) is 0 Å². The molecular weight excluding hydrogens is 456 g/mol. The van der Waals surface area contributed by atoms with Crippen LogP contribution in [0.4, 0.5) is 9.59 Å². The summed E-state index contributed by atoms with van der Waals surface area (Å²) in [6.45, 7) is 17.3. The van der Waals surface area contributed by atoms with E-state index in [1.54, 1.807) is 4.90 Å². The molecule has 0 aromatic carbocycles. The molecule has 3 atom stereocenters. The lowest BCUT2D eigenvalue weighted by molar-refractivity contribution is -0.0802. The molecule has 1 heterocycles. The molecule has 2 aliphatic rings. The molecule has 0 aromatic heterocycles. The molecular formula is C29H54N2O5. The first-order valence-corrected chi connectivity index (χ1v) is 14.4. The maximum atomic E-state index is 13.3. The normalized spacial score (nSPS) is 23.6. The Morgan fingerprint density at radius 1 is 1.08 bits per heavy atom. The van der Waals surface area contributed by atoms with Crippen molar-refractivity contribution in [2.75, 3.05) is 13.1 Å². The zero-order chi connectivity index (χ0) is 27.1. The molecule has 0 bridgehead atoms. The Balaban J connectivity index is 2.02. The zero-order valence-electron chi connectivity index (χ0n) is 24.3. The maximum absolute atomic E-state index is 13.3. The van der Waals surface area contributed by atoms with Crippen LogP contribution in [0.5, 0.6) is 0 Å². The topological polar surface area (TPSA) is 79.3 Å². The summed E-state index contributed by atoms with van der Waals surface area (Å²) in [5.74, 6) is 1.66. The van der Waals surface area contributed by atoms with Crippen molar-refractivity contribution in [2.45, 2.75) is 143 Å². The summed E-state index contributed by atoms with van der Waals surface area (Å²) < 4.78 is 12.3. The second kappa shape index (κ2) is 13.3. The molecule has 36 heavy (non-hydrogen) atoms. The number of unbranched alkanes of at least 4 members (excludes halogenated alkanes) is 1. The number of hydrogen-bond acceptors (Lipinski definition) is 4. The number of ether oxygens (including phenoxy) is 2.